The summed E-state index contributed by atoms with van der Waals surface area (Å²) in [7, 11) is -0.820. The lowest BCUT2D eigenvalue weighted by Gasteiger charge is -2.32. The second-order valence-electron chi connectivity index (χ2n) is 5.87. The van der Waals surface area contributed by atoms with Crippen molar-refractivity contribution in [3.63, 3.8) is 0 Å². The molecule has 3 heterocycles. The molecule has 0 radical (unpaired) electrons. The molecule has 2 fully saturated rings. The quantitative estimate of drug-likeness (QED) is 0.756. The molecule has 0 saturated carbocycles. The molecule has 0 aliphatic carbocycles. The highest BCUT2D eigenvalue weighted by Gasteiger charge is 2.52. The largest absolute Gasteiger partial charge is 0.518 e. The van der Waals surface area contributed by atoms with Gasteiger partial charge in [-0.3, -0.25) is 0 Å². The molecule has 0 N–H and O–H groups in total. The second kappa shape index (κ2) is 4.82. The minimum Gasteiger partial charge on any atom is -0.398 e. The fourth-order valence-electron chi connectivity index (χ4n) is 1.97. The maximum absolute atomic E-state index is 8.56. The molecule has 0 aromatic carbocycles. The number of hydrogen-bond donors (Lipinski definition) is 0. The van der Waals surface area contributed by atoms with Crippen molar-refractivity contribution in [2.24, 2.45) is 0 Å². The van der Waals surface area contributed by atoms with E-state index in [-0.39, 0.29) is 5.59 Å². The summed E-state index contributed by atoms with van der Waals surface area (Å²) < 4.78 is 58.5. The van der Waals surface area contributed by atoms with E-state index >= 15 is 0 Å². The maximum atomic E-state index is 8.56. The molecule has 3 rings (SSSR count). The smallest absolute Gasteiger partial charge is 0.398 e. The van der Waals surface area contributed by atoms with Crippen LogP contribution in [0.1, 0.15) is 53.3 Å². The van der Waals surface area contributed by atoms with Crippen LogP contribution in [0, 0.1) is 0 Å². The van der Waals surface area contributed by atoms with Crippen LogP contribution in [0.3, 0.4) is 0 Å². The van der Waals surface area contributed by atoms with E-state index in [9.17, 15) is 0 Å². The molecule has 1 aromatic rings. The summed E-state index contributed by atoms with van der Waals surface area (Å²) >= 11 is 0. The van der Waals surface area contributed by atoms with E-state index in [0.29, 0.717) is 0 Å². The lowest BCUT2D eigenvalue weighted by Crippen LogP contribution is -2.41. The predicted octanol–water partition coefficient (Wildman–Crippen LogP) is 0.929. The Balaban J connectivity index is 1.96. The zero-order valence-electron chi connectivity index (χ0n) is 17.1. The van der Waals surface area contributed by atoms with E-state index in [0.717, 1.165) is 4.68 Å². The first kappa shape index (κ1) is 9.17. The second-order valence-corrected chi connectivity index (χ2v) is 5.87. The molecule has 0 unspecified atom stereocenters. The zero-order valence-corrected chi connectivity index (χ0v) is 12.1. The molecular formula is C13H22BN3O3. The highest BCUT2D eigenvalue weighted by Crippen LogP contribution is 2.36. The van der Waals surface area contributed by atoms with Crippen molar-refractivity contribution >= 4 is 12.7 Å². The van der Waals surface area contributed by atoms with E-state index in [1.807, 2.05) is 27.7 Å². The fourth-order valence-corrected chi connectivity index (χ4v) is 1.97. The maximum Gasteiger partial charge on any atom is 0.518 e. The molecular weight excluding hydrogens is 257 g/mol. The molecule has 2 aliphatic rings. The monoisotopic (exact) mass is 284 g/mol. The first-order valence-corrected chi connectivity index (χ1v) is 6.60. The topological polar surface area (TPSA) is 58.4 Å². The average Bonchev–Trinajstić information content (AvgIpc) is 2.99. The van der Waals surface area contributed by atoms with Gasteiger partial charge in [0.25, 0.3) is 0 Å². The molecule has 0 amide bonds. The van der Waals surface area contributed by atoms with Gasteiger partial charge in [-0.15, -0.1) is 5.10 Å². The van der Waals surface area contributed by atoms with E-state index < -0.39 is 50.3 Å². The SMILES string of the molecule is [2H]C1([2H])COCC([2H])([2H])C1([2H])n1cc(B2OC(C)(C)C(C)(C)O2)nn1. The number of hydrogen-bond acceptors (Lipinski definition) is 5. The van der Waals surface area contributed by atoms with Crippen LogP contribution in [0.15, 0.2) is 6.20 Å². The van der Waals surface area contributed by atoms with Crippen molar-refractivity contribution in [1.82, 2.24) is 15.0 Å². The van der Waals surface area contributed by atoms with Gasteiger partial charge in [-0.25, -0.2) is 4.68 Å². The van der Waals surface area contributed by atoms with Crippen LogP contribution >= 0.6 is 0 Å². The molecule has 0 atom stereocenters. The minimum atomic E-state index is -2.33. The summed E-state index contributed by atoms with van der Waals surface area (Å²) in [4.78, 5) is 0. The summed E-state index contributed by atoms with van der Waals surface area (Å²) in [6.07, 6.45) is -3.28. The van der Waals surface area contributed by atoms with Gasteiger partial charge < -0.3 is 14.0 Å². The van der Waals surface area contributed by atoms with E-state index in [1.165, 1.54) is 6.20 Å². The highest BCUT2D eigenvalue weighted by molar-refractivity contribution is 6.61. The molecule has 0 bridgehead atoms. The summed E-state index contributed by atoms with van der Waals surface area (Å²) in [5.41, 5.74) is -0.896. The molecule has 20 heavy (non-hydrogen) atoms. The molecule has 2 saturated heterocycles. The van der Waals surface area contributed by atoms with Crippen LogP contribution in [-0.2, 0) is 14.0 Å². The van der Waals surface area contributed by atoms with Crippen molar-refractivity contribution in [1.29, 1.82) is 0 Å². The Labute approximate surface area is 126 Å². The Hall–Kier alpha value is -0.915. The lowest BCUT2D eigenvalue weighted by atomic mass is 9.86. The van der Waals surface area contributed by atoms with Crippen LogP contribution in [0.5, 0.6) is 0 Å². The third-order valence-corrected chi connectivity index (χ3v) is 3.92. The van der Waals surface area contributed by atoms with Crippen molar-refractivity contribution in [2.75, 3.05) is 13.2 Å². The Morgan fingerprint density at radius 1 is 1.30 bits per heavy atom. The number of nitrogens with zero attached hydrogens (tertiary/aromatic N) is 3. The third-order valence-electron chi connectivity index (χ3n) is 3.92. The standard InChI is InChI=1S/C13H22BN3O3/c1-12(2)13(3,4)20-14(19-12)11-9-17(16-15-11)10-5-7-18-8-6-10/h9-10H,5-8H2,1-4H3/i5D2,6D2,10D. The molecule has 110 valence electrons. The van der Waals surface area contributed by atoms with Gasteiger partial charge in [0.15, 0.2) is 0 Å². The molecule has 2 aliphatic heterocycles. The van der Waals surface area contributed by atoms with E-state index in [2.05, 4.69) is 10.3 Å². The summed E-state index contributed by atoms with van der Waals surface area (Å²) in [6.45, 7) is 6.75. The fraction of sp³-hybridized carbons (Fsp3) is 0.846. The minimum absolute atomic E-state index is 0.267. The number of aromatic nitrogens is 3. The first-order valence-electron chi connectivity index (χ1n) is 9.10. The number of rotatable bonds is 2. The van der Waals surface area contributed by atoms with Crippen LogP contribution in [0.25, 0.3) is 0 Å². The van der Waals surface area contributed by atoms with Crippen molar-refractivity contribution in [3.8, 4) is 0 Å². The normalized spacial score (nSPS) is 36.4. The van der Waals surface area contributed by atoms with Gasteiger partial charge >= 0.3 is 7.12 Å². The Morgan fingerprint density at radius 2 is 1.90 bits per heavy atom. The van der Waals surface area contributed by atoms with Crippen LogP contribution in [0.4, 0.5) is 0 Å². The molecule has 6 nitrogen and oxygen atoms in total. The molecule has 0 spiro atoms. The Bertz CT molecular complexity index is 650. The average molecular weight is 284 g/mol. The molecule has 1 aromatic heterocycles. The van der Waals surface area contributed by atoms with E-state index in [1.54, 1.807) is 0 Å². The Kier molecular flexibility index (Phi) is 2.21. The van der Waals surface area contributed by atoms with Gasteiger partial charge in [0.05, 0.1) is 18.6 Å². The van der Waals surface area contributed by atoms with Crippen molar-refractivity contribution < 1.29 is 20.9 Å². The summed E-state index contributed by atoms with van der Waals surface area (Å²) in [5, 5.41) is 7.78. The zero-order chi connectivity index (χ0) is 18.9. The van der Waals surface area contributed by atoms with Crippen LogP contribution in [-0.4, -0.2) is 46.5 Å². The van der Waals surface area contributed by atoms with Gasteiger partial charge in [-0.1, -0.05) is 5.21 Å². The van der Waals surface area contributed by atoms with Gasteiger partial charge in [-0.05, 0) is 40.4 Å². The van der Waals surface area contributed by atoms with Gasteiger partial charge in [0, 0.05) is 24.9 Å². The number of ether oxygens (including phenoxy) is 1. The van der Waals surface area contributed by atoms with Crippen LogP contribution < -0.4 is 5.59 Å². The summed E-state index contributed by atoms with van der Waals surface area (Å²) in [6, 6.07) is -2.33. The van der Waals surface area contributed by atoms with Crippen molar-refractivity contribution in [3.05, 3.63) is 6.20 Å². The van der Waals surface area contributed by atoms with Crippen LogP contribution in [0.2, 0.25) is 0 Å². The highest BCUT2D eigenvalue weighted by atomic mass is 16.7. The van der Waals surface area contributed by atoms with Gasteiger partial charge in [-0.2, -0.15) is 0 Å². The van der Waals surface area contributed by atoms with E-state index in [4.69, 9.17) is 20.9 Å². The Morgan fingerprint density at radius 3 is 2.50 bits per heavy atom. The van der Waals surface area contributed by atoms with Gasteiger partial charge in [0.2, 0.25) is 0 Å². The third kappa shape index (κ3) is 2.38. The lowest BCUT2D eigenvalue weighted by molar-refractivity contribution is 0.00578. The van der Waals surface area contributed by atoms with Crippen molar-refractivity contribution in [2.45, 2.75) is 57.7 Å². The van der Waals surface area contributed by atoms with Gasteiger partial charge in [0.1, 0.15) is 5.59 Å². The first-order chi connectivity index (χ1) is 11.2. The summed E-state index contributed by atoms with van der Waals surface area (Å²) in [5.74, 6) is 0. The predicted molar refractivity (Wildman–Crippen MR) is 74.8 cm³/mol. The molecule has 7 heteroatoms.